The van der Waals surface area contributed by atoms with Crippen LogP contribution in [0, 0.1) is 0 Å². The molecular formula is C13H19N3O2. The highest BCUT2D eigenvalue weighted by atomic mass is 16.5. The molecule has 3 heterocycles. The Hall–Kier alpha value is -1.36. The lowest BCUT2D eigenvalue weighted by Gasteiger charge is -2.40. The zero-order chi connectivity index (χ0) is 12.8. The number of hydrogen-bond donors (Lipinski definition) is 1. The standard InChI is InChI=1S/C13H19N3O2/c1-9(2)16-12-10(17)7-13(3-5-14-6-4-13)18-11(12)8-15-16/h8-9,14H,3-7H2,1-2H3. The van der Waals surface area contributed by atoms with Crippen molar-refractivity contribution in [3.63, 3.8) is 0 Å². The van der Waals surface area contributed by atoms with Gasteiger partial charge in [-0.05, 0) is 26.9 Å². The van der Waals surface area contributed by atoms with Crippen LogP contribution in [-0.2, 0) is 0 Å². The zero-order valence-electron chi connectivity index (χ0n) is 10.9. The largest absolute Gasteiger partial charge is 0.483 e. The van der Waals surface area contributed by atoms with Crippen molar-refractivity contribution in [2.24, 2.45) is 0 Å². The molecule has 1 spiro atoms. The highest BCUT2D eigenvalue weighted by Gasteiger charge is 2.43. The van der Waals surface area contributed by atoms with Gasteiger partial charge in [-0.15, -0.1) is 0 Å². The Morgan fingerprint density at radius 1 is 1.44 bits per heavy atom. The van der Waals surface area contributed by atoms with Gasteiger partial charge in [0.25, 0.3) is 0 Å². The molecule has 5 heteroatoms. The SMILES string of the molecule is CC(C)n1ncc2c1C(=O)CC1(CCNCC1)O2. The van der Waals surface area contributed by atoms with Gasteiger partial charge in [-0.3, -0.25) is 9.48 Å². The summed E-state index contributed by atoms with van der Waals surface area (Å²) in [5, 5.41) is 7.59. The summed E-state index contributed by atoms with van der Waals surface area (Å²) in [6.07, 6.45) is 3.96. The van der Waals surface area contributed by atoms with E-state index in [1.807, 2.05) is 13.8 Å². The second kappa shape index (κ2) is 4.09. The molecule has 3 rings (SSSR count). The van der Waals surface area contributed by atoms with E-state index in [0.29, 0.717) is 17.9 Å². The van der Waals surface area contributed by atoms with Crippen LogP contribution >= 0.6 is 0 Å². The molecule has 2 aliphatic heterocycles. The molecular weight excluding hydrogens is 230 g/mol. The number of hydrogen-bond acceptors (Lipinski definition) is 4. The Balaban J connectivity index is 1.96. The number of ether oxygens (including phenoxy) is 1. The minimum atomic E-state index is -0.291. The molecule has 1 fully saturated rings. The van der Waals surface area contributed by atoms with Gasteiger partial charge < -0.3 is 10.1 Å². The van der Waals surface area contributed by atoms with E-state index in [-0.39, 0.29) is 17.4 Å². The molecule has 1 saturated heterocycles. The number of rotatable bonds is 1. The number of nitrogens with zero attached hydrogens (tertiary/aromatic N) is 2. The summed E-state index contributed by atoms with van der Waals surface area (Å²) in [7, 11) is 0. The molecule has 0 bridgehead atoms. The Labute approximate surface area is 107 Å². The molecule has 0 atom stereocenters. The van der Waals surface area contributed by atoms with Gasteiger partial charge >= 0.3 is 0 Å². The van der Waals surface area contributed by atoms with Crippen LogP contribution < -0.4 is 10.1 Å². The first-order valence-electron chi connectivity index (χ1n) is 6.62. The van der Waals surface area contributed by atoms with E-state index in [9.17, 15) is 4.79 Å². The van der Waals surface area contributed by atoms with E-state index >= 15 is 0 Å². The van der Waals surface area contributed by atoms with Gasteiger partial charge in [0.1, 0.15) is 11.3 Å². The number of Topliss-reactive ketones (excluding diaryl/α,β-unsaturated/α-hetero) is 1. The predicted molar refractivity (Wildman–Crippen MR) is 67.0 cm³/mol. The fourth-order valence-corrected chi connectivity index (χ4v) is 2.88. The lowest BCUT2D eigenvalue weighted by Crippen LogP contribution is -2.49. The van der Waals surface area contributed by atoms with E-state index in [0.717, 1.165) is 25.9 Å². The van der Waals surface area contributed by atoms with Gasteiger partial charge in [-0.1, -0.05) is 0 Å². The molecule has 1 aromatic rings. The highest BCUT2D eigenvalue weighted by Crippen LogP contribution is 2.38. The quantitative estimate of drug-likeness (QED) is 0.820. The van der Waals surface area contributed by atoms with Crippen LogP contribution in [0.5, 0.6) is 5.75 Å². The Morgan fingerprint density at radius 3 is 2.83 bits per heavy atom. The van der Waals surface area contributed by atoms with Crippen molar-refractivity contribution in [1.29, 1.82) is 0 Å². The summed E-state index contributed by atoms with van der Waals surface area (Å²) in [6, 6.07) is 0.184. The van der Waals surface area contributed by atoms with Crippen molar-refractivity contribution in [3.8, 4) is 5.75 Å². The molecule has 1 aromatic heterocycles. The van der Waals surface area contributed by atoms with Crippen LogP contribution in [0.25, 0.3) is 0 Å². The summed E-state index contributed by atoms with van der Waals surface area (Å²) in [4.78, 5) is 12.4. The van der Waals surface area contributed by atoms with Crippen LogP contribution in [0.4, 0.5) is 0 Å². The first-order chi connectivity index (χ1) is 8.61. The molecule has 0 aromatic carbocycles. The smallest absolute Gasteiger partial charge is 0.188 e. The van der Waals surface area contributed by atoms with Crippen molar-refractivity contribution in [2.45, 2.75) is 44.8 Å². The maximum atomic E-state index is 12.4. The number of aromatic nitrogens is 2. The predicted octanol–water partition coefficient (Wildman–Crippen LogP) is 1.55. The number of fused-ring (bicyclic) bond motifs is 1. The number of carbonyl (C=O) groups is 1. The van der Waals surface area contributed by atoms with Crippen LogP contribution in [0.3, 0.4) is 0 Å². The molecule has 0 unspecified atom stereocenters. The summed E-state index contributed by atoms with van der Waals surface area (Å²) in [6.45, 7) is 5.88. The second-order valence-electron chi connectivity index (χ2n) is 5.53. The first-order valence-corrected chi connectivity index (χ1v) is 6.62. The Kier molecular flexibility index (Phi) is 2.66. The van der Waals surface area contributed by atoms with E-state index in [4.69, 9.17) is 4.74 Å². The second-order valence-corrected chi connectivity index (χ2v) is 5.53. The average molecular weight is 249 g/mol. The fraction of sp³-hybridized carbons (Fsp3) is 0.692. The normalized spacial score (nSPS) is 22.1. The van der Waals surface area contributed by atoms with Crippen molar-refractivity contribution < 1.29 is 9.53 Å². The van der Waals surface area contributed by atoms with Crippen molar-refractivity contribution in [3.05, 3.63) is 11.9 Å². The minimum Gasteiger partial charge on any atom is -0.483 e. The first kappa shape index (κ1) is 11.7. The van der Waals surface area contributed by atoms with Crippen molar-refractivity contribution in [2.75, 3.05) is 13.1 Å². The lowest BCUT2D eigenvalue weighted by molar-refractivity contribution is 0.0178. The lowest BCUT2D eigenvalue weighted by atomic mass is 9.84. The number of ketones is 1. The van der Waals surface area contributed by atoms with Gasteiger partial charge in [0.15, 0.2) is 11.5 Å². The summed E-state index contributed by atoms with van der Waals surface area (Å²) < 4.78 is 7.89. The Morgan fingerprint density at radius 2 is 2.17 bits per heavy atom. The van der Waals surface area contributed by atoms with Crippen molar-refractivity contribution >= 4 is 5.78 Å². The third-order valence-electron chi connectivity index (χ3n) is 3.84. The van der Waals surface area contributed by atoms with E-state index < -0.39 is 0 Å². The molecule has 98 valence electrons. The molecule has 0 aliphatic carbocycles. The van der Waals surface area contributed by atoms with Crippen LogP contribution in [0.15, 0.2) is 6.20 Å². The molecule has 0 amide bonds. The van der Waals surface area contributed by atoms with E-state index in [2.05, 4.69) is 10.4 Å². The molecule has 2 aliphatic rings. The van der Waals surface area contributed by atoms with Gasteiger partial charge in [0, 0.05) is 18.9 Å². The number of nitrogens with one attached hydrogen (secondary N) is 1. The van der Waals surface area contributed by atoms with Gasteiger partial charge in [-0.2, -0.15) is 5.10 Å². The fourth-order valence-electron chi connectivity index (χ4n) is 2.88. The monoisotopic (exact) mass is 249 g/mol. The maximum absolute atomic E-state index is 12.4. The third kappa shape index (κ3) is 1.73. The summed E-state index contributed by atoms with van der Waals surface area (Å²) in [5.74, 6) is 0.839. The number of carbonyl (C=O) groups excluding carboxylic acids is 1. The molecule has 0 radical (unpaired) electrons. The maximum Gasteiger partial charge on any atom is 0.188 e. The Bertz CT molecular complexity index is 473. The van der Waals surface area contributed by atoms with Gasteiger partial charge in [0.2, 0.25) is 0 Å². The summed E-state index contributed by atoms with van der Waals surface area (Å²) >= 11 is 0. The topological polar surface area (TPSA) is 56.2 Å². The van der Waals surface area contributed by atoms with Crippen LogP contribution in [0.1, 0.15) is 49.6 Å². The highest BCUT2D eigenvalue weighted by molar-refractivity contribution is 5.98. The molecule has 0 saturated carbocycles. The molecule has 18 heavy (non-hydrogen) atoms. The molecule has 1 N–H and O–H groups in total. The molecule has 5 nitrogen and oxygen atoms in total. The minimum absolute atomic E-state index is 0.171. The van der Waals surface area contributed by atoms with E-state index in [1.54, 1.807) is 10.9 Å². The zero-order valence-corrected chi connectivity index (χ0v) is 10.9. The number of piperidine rings is 1. The average Bonchev–Trinajstić information content (AvgIpc) is 2.73. The van der Waals surface area contributed by atoms with Gasteiger partial charge in [0.05, 0.1) is 12.6 Å². The summed E-state index contributed by atoms with van der Waals surface area (Å²) in [5.41, 5.74) is 0.356. The van der Waals surface area contributed by atoms with Crippen LogP contribution in [-0.4, -0.2) is 34.3 Å². The van der Waals surface area contributed by atoms with Crippen molar-refractivity contribution in [1.82, 2.24) is 15.1 Å². The van der Waals surface area contributed by atoms with E-state index in [1.165, 1.54) is 0 Å². The third-order valence-corrected chi connectivity index (χ3v) is 3.84. The van der Waals surface area contributed by atoms with Gasteiger partial charge in [-0.25, -0.2) is 0 Å². The van der Waals surface area contributed by atoms with Crippen LogP contribution in [0.2, 0.25) is 0 Å².